The van der Waals surface area contributed by atoms with Crippen LogP contribution in [-0.2, 0) is 4.79 Å². The van der Waals surface area contributed by atoms with Crippen LogP contribution in [0.3, 0.4) is 0 Å². The van der Waals surface area contributed by atoms with Crippen LogP contribution in [0.15, 0.2) is 0 Å². The quantitative estimate of drug-likeness (QED) is 0.684. The Labute approximate surface area is 111 Å². The van der Waals surface area contributed by atoms with E-state index in [1.54, 1.807) is 0 Å². The Morgan fingerprint density at radius 2 is 1.89 bits per heavy atom. The first-order chi connectivity index (χ1) is 8.78. The van der Waals surface area contributed by atoms with Crippen LogP contribution in [-0.4, -0.2) is 24.5 Å². The van der Waals surface area contributed by atoms with E-state index in [0.29, 0.717) is 18.0 Å². The highest BCUT2D eigenvalue weighted by molar-refractivity contribution is 5.76. The van der Waals surface area contributed by atoms with Crippen molar-refractivity contribution >= 4 is 5.91 Å². The highest BCUT2D eigenvalue weighted by Gasteiger charge is 2.33. The van der Waals surface area contributed by atoms with E-state index >= 15 is 0 Å². The van der Waals surface area contributed by atoms with Crippen LogP contribution in [0.25, 0.3) is 0 Å². The van der Waals surface area contributed by atoms with E-state index in [2.05, 4.69) is 17.6 Å². The van der Waals surface area contributed by atoms with Crippen molar-refractivity contribution in [3.05, 3.63) is 0 Å². The molecule has 2 bridgehead atoms. The summed E-state index contributed by atoms with van der Waals surface area (Å²) in [6.07, 6.45) is 10.7. The van der Waals surface area contributed by atoms with Crippen LogP contribution >= 0.6 is 0 Å². The number of rotatable bonds is 7. The van der Waals surface area contributed by atoms with Gasteiger partial charge in [-0.2, -0.15) is 0 Å². The monoisotopic (exact) mass is 252 g/mol. The Morgan fingerprint density at radius 3 is 2.56 bits per heavy atom. The molecular weight excluding hydrogens is 224 g/mol. The SMILES string of the molecule is CCCCCCNC(=O)CC1CC2CCC(C1)N2. The summed E-state index contributed by atoms with van der Waals surface area (Å²) < 4.78 is 0. The predicted octanol–water partition coefficient (Wildman–Crippen LogP) is 2.60. The predicted molar refractivity (Wildman–Crippen MR) is 74.4 cm³/mol. The molecule has 0 radical (unpaired) electrons. The molecule has 3 nitrogen and oxygen atoms in total. The number of hydrogen-bond acceptors (Lipinski definition) is 2. The molecule has 0 aliphatic carbocycles. The van der Waals surface area contributed by atoms with Gasteiger partial charge >= 0.3 is 0 Å². The first kappa shape index (κ1) is 13.9. The third kappa shape index (κ3) is 4.27. The molecule has 2 heterocycles. The second-order valence-corrected chi connectivity index (χ2v) is 6.09. The maximum atomic E-state index is 11.8. The van der Waals surface area contributed by atoms with Gasteiger partial charge in [-0.3, -0.25) is 4.79 Å². The van der Waals surface area contributed by atoms with E-state index in [4.69, 9.17) is 0 Å². The number of amides is 1. The number of unbranched alkanes of at least 4 members (excludes halogenated alkanes) is 3. The Kier molecular flexibility index (Phi) is 5.48. The van der Waals surface area contributed by atoms with Gasteiger partial charge in [-0.05, 0) is 38.0 Å². The van der Waals surface area contributed by atoms with E-state index in [9.17, 15) is 4.79 Å². The second-order valence-electron chi connectivity index (χ2n) is 6.09. The van der Waals surface area contributed by atoms with E-state index in [0.717, 1.165) is 19.4 Å². The van der Waals surface area contributed by atoms with Crippen molar-refractivity contribution in [1.82, 2.24) is 10.6 Å². The molecule has 18 heavy (non-hydrogen) atoms. The van der Waals surface area contributed by atoms with Gasteiger partial charge < -0.3 is 10.6 Å². The number of hydrogen-bond donors (Lipinski definition) is 2. The topological polar surface area (TPSA) is 41.1 Å². The molecule has 2 aliphatic rings. The summed E-state index contributed by atoms with van der Waals surface area (Å²) in [5.41, 5.74) is 0. The van der Waals surface area contributed by atoms with Gasteiger partial charge in [0.1, 0.15) is 0 Å². The normalized spacial score (nSPS) is 30.4. The lowest BCUT2D eigenvalue weighted by molar-refractivity contribution is -0.122. The van der Waals surface area contributed by atoms with Crippen molar-refractivity contribution < 1.29 is 4.79 Å². The lowest BCUT2D eigenvalue weighted by atomic mass is 9.89. The number of fused-ring (bicyclic) bond motifs is 2. The van der Waals surface area contributed by atoms with Crippen molar-refractivity contribution in [3.63, 3.8) is 0 Å². The lowest BCUT2D eigenvalue weighted by Crippen LogP contribution is -2.39. The summed E-state index contributed by atoms with van der Waals surface area (Å²) in [4.78, 5) is 11.8. The van der Waals surface area contributed by atoms with Gasteiger partial charge in [-0.15, -0.1) is 0 Å². The van der Waals surface area contributed by atoms with Gasteiger partial charge in [0.15, 0.2) is 0 Å². The minimum Gasteiger partial charge on any atom is -0.356 e. The van der Waals surface area contributed by atoms with E-state index < -0.39 is 0 Å². The zero-order valence-electron chi connectivity index (χ0n) is 11.7. The Bertz CT molecular complexity index is 255. The maximum absolute atomic E-state index is 11.8. The van der Waals surface area contributed by atoms with Gasteiger partial charge in [-0.1, -0.05) is 26.2 Å². The minimum atomic E-state index is 0.276. The first-order valence-electron chi connectivity index (χ1n) is 7.80. The molecule has 2 N–H and O–H groups in total. The van der Waals surface area contributed by atoms with Crippen LogP contribution in [0.2, 0.25) is 0 Å². The molecule has 104 valence electrons. The largest absolute Gasteiger partial charge is 0.356 e. The molecule has 0 spiro atoms. The van der Waals surface area contributed by atoms with Gasteiger partial charge in [0.2, 0.25) is 5.91 Å². The Hall–Kier alpha value is -0.570. The molecule has 2 unspecified atom stereocenters. The molecule has 2 rings (SSSR count). The number of piperidine rings is 1. The van der Waals surface area contributed by atoms with Crippen LogP contribution in [0.4, 0.5) is 0 Å². The van der Waals surface area contributed by atoms with Crippen molar-refractivity contribution in [2.75, 3.05) is 6.54 Å². The fourth-order valence-corrected chi connectivity index (χ4v) is 3.46. The molecule has 3 heteroatoms. The van der Waals surface area contributed by atoms with Gasteiger partial charge in [-0.25, -0.2) is 0 Å². The summed E-state index contributed by atoms with van der Waals surface area (Å²) in [7, 11) is 0. The van der Waals surface area contributed by atoms with E-state index in [1.807, 2.05) is 0 Å². The first-order valence-corrected chi connectivity index (χ1v) is 7.80. The van der Waals surface area contributed by atoms with E-state index in [-0.39, 0.29) is 5.91 Å². The second kappa shape index (κ2) is 7.13. The molecule has 2 aliphatic heterocycles. The third-order valence-corrected chi connectivity index (χ3v) is 4.40. The number of nitrogens with one attached hydrogen (secondary N) is 2. The summed E-state index contributed by atoms with van der Waals surface area (Å²) in [5.74, 6) is 0.900. The van der Waals surface area contributed by atoms with Crippen molar-refractivity contribution in [3.8, 4) is 0 Å². The van der Waals surface area contributed by atoms with E-state index in [1.165, 1.54) is 44.9 Å². The Balaban J connectivity index is 1.57. The average molecular weight is 252 g/mol. The molecular formula is C15H28N2O. The average Bonchev–Trinajstić information content (AvgIpc) is 2.68. The standard InChI is InChI=1S/C15H28N2O/c1-2-3-4-5-8-16-15(18)11-12-9-13-6-7-14(10-12)17-13/h12-14,17H,2-11H2,1H3,(H,16,18). The maximum Gasteiger partial charge on any atom is 0.220 e. The summed E-state index contributed by atoms with van der Waals surface area (Å²) in [6, 6.07) is 1.40. The van der Waals surface area contributed by atoms with Crippen LogP contribution in [0, 0.1) is 5.92 Å². The zero-order chi connectivity index (χ0) is 12.8. The molecule has 2 atom stereocenters. The van der Waals surface area contributed by atoms with Crippen LogP contribution in [0.1, 0.15) is 64.7 Å². The highest BCUT2D eigenvalue weighted by Crippen LogP contribution is 2.32. The molecule has 0 saturated carbocycles. The Morgan fingerprint density at radius 1 is 1.17 bits per heavy atom. The summed E-state index contributed by atoms with van der Waals surface area (Å²) in [6.45, 7) is 3.08. The third-order valence-electron chi connectivity index (χ3n) is 4.40. The highest BCUT2D eigenvalue weighted by atomic mass is 16.1. The lowest BCUT2D eigenvalue weighted by Gasteiger charge is -2.28. The van der Waals surface area contributed by atoms with Gasteiger partial charge in [0.25, 0.3) is 0 Å². The summed E-state index contributed by atoms with van der Waals surface area (Å²) >= 11 is 0. The zero-order valence-corrected chi connectivity index (χ0v) is 11.7. The molecule has 0 aromatic carbocycles. The minimum absolute atomic E-state index is 0.276. The molecule has 1 amide bonds. The molecule has 0 aromatic heterocycles. The molecule has 0 aromatic rings. The fraction of sp³-hybridized carbons (Fsp3) is 0.933. The fourth-order valence-electron chi connectivity index (χ4n) is 3.46. The van der Waals surface area contributed by atoms with Crippen LogP contribution in [0.5, 0.6) is 0 Å². The summed E-state index contributed by atoms with van der Waals surface area (Å²) in [5, 5.41) is 6.71. The number of carbonyl (C=O) groups excluding carboxylic acids is 1. The van der Waals surface area contributed by atoms with Gasteiger partial charge in [0.05, 0.1) is 0 Å². The van der Waals surface area contributed by atoms with Crippen molar-refractivity contribution in [2.24, 2.45) is 5.92 Å². The van der Waals surface area contributed by atoms with Crippen molar-refractivity contribution in [1.29, 1.82) is 0 Å². The smallest absolute Gasteiger partial charge is 0.220 e. The van der Waals surface area contributed by atoms with Crippen molar-refractivity contribution in [2.45, 2.75) is 76.8 Å². The molecule has 2 fully saturated rings. The molecule has 2 saturated heterocycles. The van der Waals surface area contributed by atoms with Crippen LogP contribution < -0.4 is 10.6 Å². The van der Waals surface area contributed by atoms with Gasteiger partial charge in [0, 0.05) is 25.0 Å². The number of carbonyl (C=O) groups is 1.